The number of amides is 3. The number of rotatable bonds is 11. The van der Waals surface area contributed by atoms with Crippen LogP contribution in [0.5, 0.6) is 5.88 Å². The molecule has 1 aromatic heterocycles. The van der Waals surface area contributed by atoms with Gasteiger partial charge < -0.3 is 25.8 Å². The van der Waals surface area contributed by atoms with E-state index in [1.807, 2.05) is 18.7 Å². The fourth-order valence-electron chi connectivity index (χ4n) is 2.70. The van der Waals surface area contributed by atoms with E-state index in [9.17, 15) is 23.5 Å². The molecule has 3 amide bonds. The molecule has 5 N–H and O–H groups in total. The van der Waals surface area contributed by atoms with Gasteiger partial charge in [-0.05, 0) is 36.8 Å². The Labute approximate surface area is 192 Å². The first-order chi connectivity index (χ1) is 15.2. The van der Waals surface area contributed by atoms with Gasteiger partial charge in [0.1, 0.15) is 28.8 Å². The molecule has 1 heterocycles. The second-order valence-electron chi connectivity index (χ2n) is 6.68. The lowest BCUT2D eigenvalue weighted by Crippen LogP contribution is -2.41. The largest absolute Gasteiger partial charge is 0.471 e. The van der Waals surface area contributed by atoms with Crippen LogP contribution in [0.15, 0.2) is 12.1 Å². The maximum absolute atomic E-state index is 13.9. The second-order valence-corrected chi connectivity index (χ2v) is 7.86. The predicted molar refractivity (Wildman–Crippen MR) is 117 cm³/mol. The van der Waals surface area contributed by atoms with E-state index in [0.717, 1.165) is 36.8 Å². The van der Waals surface area contributed by atoms with E-state index in [1.165, 1.54) is 0 Å². The van der Waals surface area contributed by atoms with Gasteiger partial charge in [0.15, 0.2) is 0 Å². The van der Waals surface area contributed by atoms with Crippen LogP contribution in [0.1, 0.15) is 29.8 Å². The second kappa shape index (κ2) is 11.9. The fraction of sp³-hybridized carbons (Fsp3) is 0.421. The van der Waals surface area contributed by atoms with Gasteiger partial charge in [-0.1, -0.05) is 25.4 Å². The monoisotopic (exact) mass is 491 g/mol. The molecule has 2 aromatic rings. The summed E-state index contributed by atoms with van der Waals surface area (Å²) in [6.45, 7) is 5.37. The highest BCUT2D eigenvalue weighted by atomic mass is 35.5. The Kier molecular flexibility index (Phi) is 9.57. The molecule has 0 saturated carbocycles. The molecule has 176 valence electrons. The number of ether oxygens (including phenoxy) is 1. The van der Waals surface area contributed by atoms with Crippen LogP contribution < -0.4 is 21.1 Å². The number of benzene rings is 1. The first-order valence-corrected chi connectivity index (χ1v) is 10.8. The topological polar surface area (TPSA) is 130 Å². The normalized spacial score (nSPS) is 12.0. The molecule has 9 nitrogen and oxygen atoms in total. The molecule has 1 unspecified atom stereocenters. The number of carbonyl (C=O) groups excluding carboxylic acids is 2. The highest BCUT2D eigenvalue weighted by Crippen LogP contribution is 2.31. The summed E-state index contributed by atoms with van der Waals surface area (Å²) in [5, 5.41) is 14.6. The zero-order chi connectivity index (χ0) is 23.8. The van der Waals surface area contributed by atoms with Gasteiger partial charge in [0, 0.05) is 18.7 Å². The molecule has 1 aromatic carbocycles. The Morgan fingerprint density at radius 3 is 2.62 bits per heavy atom. The molecule has 0 radical (unpaired) electrons. The van der Waals surface area contributed by atoms with Crippen LogP contribution in [0, 0.1) is 11.6 Å². The number of aliphatic hydroxyl groups is 1. The summed E-state index contributed by atoms with van der Waals surface area (Å²) in [6, 6.07) is 0.981. The Bertz CT molecular complexity index is 958. The van der Waals surface area contributed by atoms with Gasteiger partial charge in [0.2, 0.25) is 5.88 Å². The quantitative estimate of drug-likeness (QED) is 0.357. The van der Waals surface area contributed by atoms with Crippen LogP contribution in [0.4, 0.5) is 18.6 Å². The van der Waals surface area contributed by atoms with Gasteiger partial charge in [0.05, 0.1) is 11.1 Å². The number of hydrogen-bond acceptors (Lipinski definition) is 7. The Morgan fingerprint density at radius 1 is 1.31 bits per heavy atom. The van der Waals surface area contributed by atoms with E-state index in [0.29, 0.717) is 6.54 Å². The summed E-state index contributed by atoms with van der Waals surface area (Å²) in [5.41, 5.74) is 5.00. The lowest BCUT2D eigenvalue weighted by atomic mass is 10.2. The highest BCUT2D eigenvalue weighted by molar-refractivity contribution is 7.11. The van der Waals surface area contributed by atoms with Gasteiger partial charge in [0.25, 0.3) is 5.91 Å². The average molecular weight is 492 g/mol. The minimum absolute atomic E-state index is 0.00555. The standard InChI is InChI=1S/C19H24ClF2N5O4S/c1-3-27(4-2)8-11(28)7-24-19(30)25-18-15(16(23)29)17(26-32-18)31-9-10-5-14(22)12(20)6-13(10)21/h5-6,11,28H,3-4,7-9H2,1-2H3,(H2,23,29)(H2,24,25,30). The molecule has 0 aliphatic rings. The van der Waals surface area contributed by atoms with Crippen molar-refractivity contribution in [1.29, 1.82) is 0 Å². The van der Waals surface area contributed by atoms with Crippen molar-refractivity contribution in [2.45, 2.75) is 26.6 Å². The van der Waals surface area contributed by atoms with Crippen LogP contribution in [-0.2, 0) is 6.61 Å². The van der Waals surface area contributed by atoms with Crippen molar-refractivity contribution in [2.24, 2.45) is 5.73 Å². The lowest BCUT2D eigenvalue weighted by molar-refractivity contribution is 0.0996. The van der Waals surface area contributed by atoms with Crippen molar-refractivity contribution in [3.8, 4) is 5.88 Å². The summed E-state index contributed by atoms with van der Waals surface area (Å²) in [4.78, 5) is 26.0. The maximum atomic E-state index is 13.9. The number of nitrogens with zero attached hydrogens (tertiary/aromatic N) is 2. The van der Waals surface area contributed by atoms with Crippen LogP contribution in [0.25, 0.3) is 0 Å². The van der Waals surface area contributed by atoms with Gasteiger partial charge in [-0.2, -0.15) is 4.37 Å². The van der Waals surface area contributed by atoms with Crippen molar-refractivity contribution in [2.75, 3.05) is 31.5 Å². The average Bonchev–Trinajstić information content (AvgIpc) is 3.14. The lowest BCUT2D eigenvalue weighted by Gasteiger charge is -2.22. The van der Waals surface area contributed by atoms with Crippen molar-refractivity contribution in [3.63, 3.8) is 0 Å². The Hall–Kier alpha value is -2.54. The van der Waals surface area contributed by atoms with Crippen LogP contribution >= 0.6 is 23.1 Å². The molecule has 0 spiro atoms. The molecule has 13 heteroatoms. The number of aromatic nitrogens is 1. The molecular weight excluding hydrogens is 468 g/mol. The minimum Gasteiger partial charge on any atom is -0.471 e. The third kappa shape index (κ3) is 6.99. The number of primary amides is 1. The fourth-order valence-corrected chi connectivity index (χ4v) is 3.59. The zero-order valence-electron chi connectivity index (χ0n) is 17.5. The van der Waals surface area contributed by atoms with Crippen LogP contribution in [0.3, 0.4) is 0 Å². The van der Waals surface area contributed by atoms with Crippen molar-refractivity contribution in [1.82, 2.24) is 14.6 Å². The molecule has 0 saturated heterocycles. The summed E-state index contributed by atoms with van der Waals surface area (Å²) in [5.74, 6) is -2.81. The molecule has 2 rings (SSSR count). The van der Waals surface area contributed by atoms with E-state index >= 15 is 0 Å². The maximum Gasteiger partial charge on any atom is 0.320 e. The van der Waals surface area contributed by atoms with E-state index in [2.05, 4.69) is 15.0 Å². The third-order valence-corrected chi connectivity index (χ3v) is 5.49. The Morgan fingerprint density at radius 2 is 2.00 bits per heavy atom. The summed E-state index contributed by atoms with van der Waals surface area (Å²) >= 11 is 6.24. The number of nitrogens with one attached hydrogen (secondary N) is 2. The molecule has 0 aliphatic heterocycles. The summed E-state index contributed by atoms with van der Waals surface area (Å²) in [6.07, 6.45) is -0.786. The number of nitrogens with two attached hydrogens (primary N) is 1. The molecule has 0 bridgehead atoms. The number of likely N-dealkylation sites (N-methyl/N-ethyl adjacent to an activating group) is 1. The number of halogens is 3. The van der Waals surface area contributed by atoms with E-state index in [1.54, 1.807) is 0 Å². The van der Waals surface area contributed by atoms with E-state index in [4.69, 9.17) is 22.1 Å². The predicted octanol–water partition coefficient (Wildman–Crippen LogP) is 2.58. The van der Waals surface area contributed by atoms with Gasteiger partial charge in [-0.15, -0.1) is 0 Å². The minimum atomic E-state index is -0.937. The van der Waals surface area contributed by atoms with Crippen molar-refractivity contribution >= 4 is 40.1 Å². The number of anilines is 1. The van der Waals surface area contributed by atoms with E-state index < -0.39 is 36.3 Å². The SMILES string of the molecule is CCN(CC)CC(O)CNC(=O)Nc1snc(OCc2cc(F)c(Cl)cc2F)c1C(N)=O. The first-order valence-electron chi connectivity index (χ1n) is 9.67. The first kappa shape index (κ1) is 25.7. The molecular formula is C19H24ClF2N5O4S. The van der Waals surface area contributed by atoms with Crippen LogP contribution in [0.2, 0.25) is 5.02 Å². The summed E-state index contributed by atoms with van der Waals surface area (Å²) < 4.78 is 36.7. The van der Waals surface area contributed by atoms with Crippen molar-refractivity contribution < 1.29 is 28.2 Å². The van der Waals surface area contributed by atoms with Gasteiger partial charge >= 0.3 is 6.03 Å². The highest BCUT2D eigenvalue weighted by Gasteiger charge is 2.23. The van der Waals surface area contributed by atoms with E-state index in [-0.39, 0.29) is 33.6 Å². The molecule has 0 fully saturated rings. The third-order valence-electron chi connectivity index (χ3n) is 4.45. The Balaban J connectivity index is 2.01. The number of aliphatic hydroxyl groups excluding tert-OH is 1. The molecule has 1 atom stereocenters. The van der Waals surface area contributed by atoms with Crippen molar-refractivity contribution in [3.05, 3.63) is 39.9 Å². The number of carbonyl (C=O) groups is 2. The number of urea groups is 1. The van der Waals surface area contributed by atoms with Gasteiger partial charge in [-0.3, -0.25) is 10.1 Å². The smallest absolute Gasteiger partial charge is 0.320 e. The molecule has 32 heavy (non-hydrogen) atoms. The number of hydrogen-bond donors (Lipinski definition) is 4. The zero-order valence-corrected chi connectivity index (χ0v) is 19.0. The van der Waals surface area contributed by atoms with Gasteiger partial charge in [-0.25, -0.2) is 13.6 Å². The summed E-state index contributed by atoms with van der Waals surface area (Å²) in [7, 11) is 0. The van der Waals surface area contributed by atoms with Crippen LogP contribution in [-0.4, -0.2) is 58.6 Å². The molecule has 0 aliphatic carbocycles.